The molecule has 1 heterocycles. The summed E-state index contributed by atoms with van der Waals surface area (Å²) >= 11 is 2.38. The van der Waals surface area contributed by atoms with E-state index >= 15 is 0 Å². The molecule has 0 saturated heterocycles. The molecule has 0 aromatic heterocycles. The van der Waals surface area contributed by atoms with Crippen molar-refractivity contribution in [3.05, 3.63) is 35.4 Å². The Kier molecular flexibility index (Phi) is 23.6. The highest BCUT2D eigenvalue weighted by molar-refractivity contribution is 7.98. The number of ketones is 1. The first-order valence-corrected chi connectivity index (χ1v) is 22.7. The van der Waals surface area contributed by atoms with Crippen LogP contribution >= 0.6 is 23.5 Å². The van der Waals surface area contributed by atoms with Crippen LogP contribution in [0.2, 0.25) is 0 Å². The van der Waals surface area contributed by atoms with Crippen LogP contribution < -0.4 is 43.0 Å². The molecule has 24 nitrogen and oxygen atoms in total. The number of benzene rings is 1. The van der Waals surface area contributed by atoms with Gasteiger partial charge in [-0.25, -0.2) is 0 Å². The van der Waals surface area contributed by atoms with Crippen molar-refractivity contribution in [2.75, 3.05) is 18.1 Å². The lowest BCUT2D eigenvalue weighted by Gasteiger charge is -2.25. The number of hydrogen-bond acceptors (Lipinski definition) is 15. The third-order valence-electron chi connectivity index (χ3n) is 9.72. The molecule has 0 fully saturated rings. The van der Waals surface area contributed by atoms with Gasteiger partial charge in [-0.2, -0.15) is 23.5 Å². The quantitative estimate of drug-likeness (QED) is 0.104. The lowest BCUT2D eigenvalue weighted by molar-refractivity contribution is -0.142. The molecule has 0 radical (unpaired) electrons. The van der Waals surface area contributed by atoms with Crippen molar-refractivity contribution < 1.29 is 78.0 Å². The summed E-state index contributed by atoms with van der Waals surface area (Å²) in [7, 11) is 0. The van der Waals surface area contributed by atoms with E-state index in [2.05, 4.69) is 37.2 Å². The molecule has 1 aromatic rings. The Labute approximate surface area is 386 Å². The molecule has 66 heavy (non-hydrogen) atoms. The molecule has 8 amide bonds. The predicted octanol–water partition coefficient (Wildman–Crippen LogP) is -3.12. The molecule has 8 atom stereocenters. The van der Waals surface area contributed by atoms with Crippen LogP contribution in [0.4, 0.5) is 0 Å². The van der Waals surface area contributed by atoms with E-state index < -0.39 is 164 Å². The lowest BCUT2D eigenvalue weighted by atomic mass is 9.93. The third-order valence-corrected chi connectivity index (χ3v) is 11.9. The van der Waals surface area contributed by atoms with Gasteiger partial charge < -0.3 is 63.4 Å². The number of aliphatic carboxylic acids is 3. The Morgan fingerprint density at radius 1 is 0.742 bits per heavy atom. The number of carbonyl (C=O) groups excluding carboxylic acids is 9. The molecule has 13 N–H and O–H groups in total. The van der Waals surface area contributed by atoms with E-state index in [0.29, 0.717) is 0 Å². The zero-order valence-corrected chi connectivity index (χ0v) is 37.9. The smallest absolute Gasteiger partial charge is 0.305 e. The summed E-state index contributed by atoms with van der Waals surface area (Å²) < 4.78 is 0. The van der Waals surface area contributed by atoms with E-state index in [1.165, 1.54) is 30.4 Å². The summed E-state index contributed by atoms with van der Waals surface area (Å²) in [5.74, 6) is -14.1. The number of carboxylic acids is 3. The summed E-state index contributed by atoms with van der Waals surface area (Å²) in [4.78, 5) is 153. The monoisotopic (exact) mass is 968 g/mol. The Bertz CT molecular complexity index is 1990. The van der Waals surface area contributed by atoms with Crippen LogP contribution in [0.25, 0.3) is 0 Å². The van der Waals surface area contributed by atoms with Crippen LogP contribution in [-0.4, -0.2) is 152 Å². The first-order valence-electron chi connectivity index (χ1n) is 20.4. The molecule has 0 spiro atoms. The van der Waals surface area contributed by atoms with Crippen LogP contribution in [0.5, 0.6) is 0 Å². The SMILES string of the molecule is CC(=O)N[C@H]1CSCc2ccccc2CSC[C@@H](C(N)=O)NC(=O)[C@H](CCC(=O)O)NC(=O)CNC(=O)[C@H]([C@H](C)O)NC(=O)[C@H](CCC(=O)O)CC(=O)[C@H](C)NC(=O)[C@H](CC(=O)O)NC1=O. The normalized spacial score (nSPS) is 24.5. The first-order chi connectivity index (χ1) is 31.0. The van der Waals surface area contributed by atoms with Crippen molar-refractivity contribution in [1.29, 1.82) is 0 Å². The van der Waals surface area contributed by atoms with Gasteiger partial charge in [-0.05, 0) is 37.8 Å². The molecule has 1 aromatic carbocycles. The van der Waals surface area contributed by atoms with Crippen LogP contribution in [0.15, 0.2) is 24.3 Å². The first kappa shape index (κ1) is 55.9. The fraction of sp³-hybridized carbons (Fsp3) is 0.550. The molecule has 0 bridgehead atoms. The number of carbonyl (C=O) groups is 12. The topological polar surface area (TPSA) is 396 Å². The van der Waals surface area contributed by atoms with E-state index in [1.807, 2.05) is 0 Å². The van der Waals surface area contributed by atoms with Gasteiger partial charge in [0.2, 0.25) is 47.3 Å². The van der Waals surface area contributed by atoms with Gasteiger partial charge in [-0.1, -0.05) is 24.3 Å². The maximum atomic E-state index is 13.5. The van der Waals surface area contributed by atoms with Crippen molar-refractivity contribution in [3.8, 4) is 0 Å². The molecule has 26 heteroatoms. The fourth-order valence-electron chi connectivity index (χ4n) is 6.14. The summed E-state index contributed by atoms with van der Waals surface area (Å²) in [6.07, 6.45) is -5.55. The number of carboxylic acid groups (broad SMARTS) is 3. The number of nitrogens with two attached hydrogens (primary N) is 1. The van der Waals surface area contributed by atoms with Gasteiger partial charge >= 0.3 is 17.9 Å². The standard InChI is InChI=1S/C40H56N8O16S2/c1-19-29(51)12-22(8-10-31(53)54)36(60)48-34(20(2)49)40(64)42-14-30(52)45-25(9-11-32(55)56)37(61)47-27(35(41)59)17-65-15-23-6-4-5-7-24(23)16-66-18-28(44-21(3)50)39(63)46-26(13-33(57)58)38(62)43-19/h4-7,19-20,22,25-28,34,49H,8-18H2,1-3H3,(H2,41,59)(H,42,64)(H,43,62)(H,44,50)(H,45,52)(H,46,63)(H,47,61)(H,48,60)(H,53,54)(H,55,56)(H,57,58)/t19-,20-,22+,25-,26-,27-,28-,34-/m0/s1. The fourth-order valence-corrected chi connectivity index (χ4v) is 8.33. The zero-order chi connectivity index (χ0) is 49.7. The van der Waals surface area contributed by atoms with Gasteiger partial charge in [0.25, 0.3) is 0 Å². The number of nitrogens with one attached hydrogen (secondary N) is 7. The van der Waals surface area contributed by atoms with E-state index in [0.717, 1.165) is 25.0 Å². The third kappa shape index (κ3) is 20.3. The van der Waals surface area contributed by atoms with Crippen LogP contribution in [0.1, 0.15) is 70.4 Å². The number of fused-ring (bicyclic) bond motifs is 1. The maximum Gasteiger partial charge on any atom is 0.305 e. The summed E-state index contributed by atoms with van der Waals surface area (Å²) in [5, 5.41) is 54.7. The van der Waals surface area contributed by atoms with Crippen molar-refractivity contribution in [1.82, 2.24) is 37.2 Å². The highest BCUT2D eigenvalue weighted by atomic mass is 32.2. The Morgan fingerprint density at radius 3 is 1.86 bits per heavy atom. The number of rotatable bonds is 11. The van der Waals surface area contributed by atoms with E-state index in [9.17, 15) is 78.0 Å². The molecule has 0 unspecified atom stereocenters. The number of thioether (sulfide) groups is 2. The van der Waals surface area contributed by atoms with Crippen molar-refractivity contribution >= 4 is 94.5 Å². The Hall–Kier alpha value is -6.28. The Morgan fingerprint density at radius 2 is 1.32 bits per heavy atom. The van der Waals surface area contributed by atoms with Crippen molar-refractivity contribution in [3.63, 3.8) is 0 Å². The van der Waals surface area contributed by atoms with Crippen molar-refractivity contribution in [2.45, 2.75) is 113 Å². The maximum absolute atomic E-state index is 13.5. The average Bonchev–Trinajstić information content (AvgIpc) is 3.22. The van der Waals surface area contributed by atoms with E-state index in [1.54, 1.807) is 24.3 Å². The van der Waals surface area contributed by atoms with Crippen LogP contribution in [0.3, 0.4) is 0 Å². The van der Waals surface area contributed by atoms with E-state index in [-0.39, 0.29) is 23.0 Å². The zero-order valence-electron chi connectivity index (χ0n) is 36.3. The number of aliphatic hydroxyl groups excluding tert-OH is 1. The van der Waals surface area contributed by atoms with Crippen LogP contribution in [-0.2, 0) is 69.0 Å². The molecule has 364 valence electrons. The summed E-state index contributed by atoms with van der Waals surface area (Å²) in [6, 6.07) is -2.13. The molecular formula is C40H56N8O16S2. The minimum absolute atomic E-state index is 0.0735. The molecule has 2 rings (SSSR count). The number of Topliss-reactive ketones (excluding diaryl/α,β-unsaturated/α-hetero) is 1. The second-order valence-electron chi connectivity index (χ2n) is 15.2. The van der Waals surface area contributed by atoms with E-state index in [4.69, 9.17) is 5.73 Å². The lowest BCUT2D eigenvalue weighted by Crippen LogP contribution is -2.57. The number of hydrogen-bond donors (Lipinski definition) is 12. The summed E-state index contributed by atoms with van der Waals surface area (Å²) in [5.41, 5.74) is 7.12. The average molecular weight is 969 g/mol. The number of aliphatic hydroxyl groups is 1. The molecule has 0 saturated carbocycles. The van der Waals surface area contributed by atoms with Crippen molar-refractivity contribution in [2.24, 2.45) is 11.7 Å². The predicted molar refractivity (Wildman–Crippen MR) is 235 cm³/mol. The molecule has 1 aliphatic heterocycles. The second-order valence-corrected chi connectivity index (χ2v) is 17.3. The largest absolute Gasteiger partial charge is 0.481 e. The van der Waals surface area contributed by atoms with Gasteiger partial charge in [0.05, 0.1) is 25.1 Å². The number of amides is 8. The molecule has 1 aliphatic rings. The second kappa shape index (κ2) is 27.9. The van der Waals surface area contributed by atoms with Gasteiger partial charge in [-0.15, -0.1) is 0 Å². The molecular weight excluding hydrogens is 913 g/mol. The summed E-state index contributed by atoms with van der Waals surface area (Å²) in [6.45, 7) is 2.54. The van der Waals surface area contributed by atoms with Gasteiger partial charge in [-0.3, -0.25) is 57.5 Å². The highest BCUT2D eigenvalue weighted by Crippen LogP contribution is 2.23. The number of primary amides is 1. The van der Waals surface area contributed by atoms with Gasteiger partial charge in [0, 0.05) is 55.1 Å². The van der Waals surface area contributed by atoms with Gasteiger partial charge in [0.15, 0.2) is 5.78 Å². The molecule has 0 aliphatic carbocycles. The minimum atomic E-state index is -1.81. The Balaban J connectivity index is 2.55. The van der Waals surface area contributed by atoms with Gasteiger partial charge in [0.1, 0.15) is 30.2 Å². The van der Waals surface area contributed by atoms with Crippen LogP contribution in [0, 0.1) is 5.92 Å². The minimum Gasteiger partial charge on any atom is -0.481 e. The highest BCUT2D eigenvalue weighted by Gasteiger charge is 2.34.